The summed E-state index contributed by atoms with van der Waals surface area (Å²) in [6.07, 6.45) is -0.0324. The molecule has 152 valence electrons. The quantitative estimate of drug-likeness (QED) is 0.601. The van der Waals surface area contributed by atoms with E-state index in [-0.39, 0.29) is 24.2 Å². The Balaban J connectivity index is 1.49. The van der Waals surface area contributed by atoms with Crippen molar-refractivity contribution in [3.63, 3.8) is 0 Å². The van der Waals surface area contributed by atoms with Gasteiger partial charge in [-0.25, -0.2) is 4.39 Å². The van der Waals surface area contributed by atoms with Crippen LogP contribution in [0.5, 0.6) is 5.75 Å². The fourth-order valence-electron chi connectivity index (χ4n) is 3.45. The second-order valence-corrected chi connectivity index (χ2v) is 6.93. The summed E-state index contributed by atoms with van der Waals surface area (Å²) < 4.78 is 24.1. The van der Waals surface area contributed by atoms with Crippen LogP contribution in [0.2, 0.25) is 0 Å². The second-order valence-electron chi connectivity index (χ2n) is 6.93. The molecule has 0 aromatic heterocycles. The molecule has 0 aliphatic carbocycles. The molecule has 30 heavy (non-hydrogen) atoms. The SMILES string of the molecule is O=C(Cc1ccc(F)cc1)OCC(=O)N1c2ccccc2OCC1c1ccccc1. The highest BCUT2D eigenvalue weighted by Gasteiger charge is 2.33. The maximum atomic E-state index is 13.1. The average molecular weight is 405 g/mol. The van der Waals surface area contributed by atoms with Gasteiger partial charge in [-0.1, -0.05) is 54.6 Å². The van der Waals surface area contributed by atoms with E-state index in [1.54, 1.807) is 11.0 Å². The molecule has 1 heterocycles. The number of anilines is 1. The molecule has 1 aliphatic rings. The van der Waals surface area contributed by atoms with Crippen LogP contribution >= 0.6 is 0 Å². The number of halogens is 1. The molecule has 0 spiro atoms. The number of para-hydroxylation sites is 2. The summed E-state index contributed by atoms with van der Waals surface area (Å²) in [7, 11) is 0. The Morgan fingerprint density at radius 3 is 2.43 bits per heavy atom. The van der Waals surface area contributed by atoms with Crippen LogP contribution in [0.4, 0.5) is 10.1 Å². The van der Waals surface area contributed by atoms with E-state index < -0.39 is 12.6 Å². The highest BCUT2D eigenvalue weighted by molar-refractivity contribution is 5.97. The van der Waals surface area contributed by atoms with Crippen LogP contribution in [0.25, 0.3) is 0 Å². The Labute approximate surface area is 173 Å². The first-order chi connectivity index (χ1) is 14.6. The Morgan fingerprint density at radius 1 is 0.967 bits per heavy atom. The molecule has 0 N–H and O–H groups in total. The smallest absolute Gasteiger partial charge is 0.310 e. The summed E-state index contributed by atoms with van der Waals surface area (Å²) in [5.74, 6) is -0.657. The Morgan fingerprint density at radius 2 is 1.67 bits per heavy atom. The van der Waals surface area contributed by atoms with E-state index in [2.05, 4.69) is 0 Å². The second kappa shape index (κ2) is 8.78. The van der Waals surface area contributed by atoms with Crippen molar-refractivity contribution in [2.45, 2.75) is 12.5 Å². The van der Waals surface area contributed by atoms with E-state index in [4.69, 9.17) is 9.47 Å². The van der Waals surface area contributed by atoms with Crippen LogP contribution < -0.4 is 9.64 Å². The van der Waals surface area contributed by atoms with Gasteiger partial charge in [0.1, 0.15) is 18.2 Å². The summed E-state index contributed by atoms with van der Waals surface area (Å²) in [6, 6.07) is 22.1. The van der Waals surface area contributed by atoms with Crippen LogP contribution in [-0.4, -0.2) is 25.1 Å². The predicted octanol–water partition coefficient (Wildman–Crippen LogP) is 4.08. The third-order valence-electron chi connectivity index (χ3n) is 4.90. The normalized spacial score (nSPS) is 15.1. The zero-order valence-corrected chi connectivity index (χ0v) is 16.2. The maximum Gasteiger partial charge on any atom is 0.310 e. The van der Waals surface area contributed by atoms with Gasteiger partial charge < -0.3 is 9.47 Å². The fourth-order valence-corrected chi connectivity index (χ4v) is 3.45. The zero-order valence-electron chi connectivity index (χ0n) is 16.2. The lowest BCUT2D eigenvalue weighted by Crippen LogP contribution is -2.43. The van der Waals surface area contributed by atoms with Gasteiger partial charge in [-0.05, 0) is 35.4 Å². The molecule has 3 aromatic carbocycles. The van der Waals surface area contributed by atoms with Gasteiger partial charge in [0.2, 0.25) is 0 Å². The van der Waals surface area contributed by atoms with Crippen LogP contribution in [0.3, 0.4) is 0 Å². The van der Waals surface area contributed by atoms with Gasteiger partial charge in [0.15, 0.2) is 6.61 Å². The number of rotatable bonds is 5. The van der Waals surface area contributed by atoms with Gasteiger partial charge in [-0.2, -0.15) is 0 Å². The lowest BCUT2D eigenvalue weighted by Gasteiger charge is -2.37. The number of esters is 1. The minimum atomic E-state index is -0.548. The van der Waals surface area contributed by atoms with Crippen molar-refractivity contribution in [1.82, 2.24) is 0 Å². The number of ether oxygens (including phenoxy) is 2. The third kappa shape index (κ3) is 4.33. The Hall–Kier alpha value is -3.67. The minimum absolute atomic E-state index is 0.0324. The van der Waals surface area contributed by atoms with Crippen molar-refractivity contribution in [3.05, 3.63) is 95.8 Å². The number of nitrogens with zero attached hydrogens (tertiary/aromatic N) is 1. The van der Waals surface area contributed by atoms with E-state index in [1.807, 2.05) is 48.5 Å². The molecule has 4 rings (SSSR count). The zero-order chi connectivity index (χ0) is 20.9. The van der Waals surface area contributed by atoms with Crippen LogP contribution in [-0.2, 0) is 20.7 Å². The van der Waals surface area contributed by atoms with Crippen LogP contribution in [0, 0.1) is 5.82 Å². The lowest BCUT2D eigenvalue weighted by atomic mass is 10.0. The molecule has 0 saturated heterocycles. The predicted molar refractivity (Wildman–Crippen MR) is 110 cm³/mol. The molecule has 1 aliphatic heterocycles. The van der Waals surface area contributed by atoms with E-state index in [0.29, 0.717) is 23.6 Å². The number of carbonyl (C=O) groups excluding carboxylic acids is 2. The van der Waals surface area contributed by atoms with Gasteiger partial charge in [0.25, 0.3) is 5.91 Å². The molecule has 5 nitrogen and oxygen atoms in total. The molecule has 0 saturated carbocycles. The molecule has 0 fully saturated rings. The first-order valence-electron chi connectivity index (χ1n) is 9.61. The highest BCUT2D eigenvalue weighted by atomic mass is 19.1. The van der Waals surface area contributed by atoms with Crippen LogP contribution in [0.1, 0.15) is 17.2 Å². The number of carbonyl (C=O) groups is 2. The first kappa shape index (κ1) is 19.6. The summed E-state index contributed by atoms with van der Waals surface area (Å²) in [5.41, 5.74) is 2.18. The molecule has 0 bridgehead atoms. The first-order valence-corrected chi connectivity index (χ1v) is 9.61. The van der Waals surface area contributed by atoms with Crippen molar-refractivity contribution < 1.29 is 23.5 Å². The standard InChI is InChI=1S/C24H20FNO4/c25-19-12-10-17(11-13-19)14-24(28)30-16-23(27)26-20-8-4-5-9-22(20)29-15-21(26)18-6-2-1-3-7-18/h1-13,21H,14-16H2. The van der Waals surface area contributed by atoms with Gasteiger partial charge in [0.05, 0.1) is 18.2 Å². The van der Waals surface area contributed by atoms with Gasteiger partial charge >= 0.3 is 5.97 Å². The van der Waals surface area contributed by atoms with Crippen molar-refractivity contribution in [3.8, 4) is 5.75 Å². The lowest BCUT2D eigenvalue weighted by molar-refractivity contribution is -0.147. The van der Waals surface area contributed by atoms with E-state index in [9.17, 15) is 14.0 Å². The molecule has 1 amide bonds. The minimum Gasteiger partial charge on any atom is -0.489 e. The number of fused-ring (bicyclic) bond motifs is 1. The van der Waals surface area contributed by atoms with E-state index >= 15 is 0 Å². The number of benzene rings is 3. The van der Waals surface area contributed by atoms with Crippen molar-refractivity contribution in [1.29, 1.82) is 0 Å². The van der Waals surface area contributed by atoms with Gasteiger partial charge in [-0.3, -0.25) is 14.5 Å². The molecular weight excluding hydrogens is 385 g/mol. The number of hydrogen-bond donors (Lipinski definition) is 0. The summed E-state index contributed by atoms with van der Waals surface area (Å²) in [4.78, 5) is 26.9. The van der Waals surface area contributed by atoms with E-state index in [0.717, 1.165) is 5.56 Å². The maximum absolute atomic E-state index is 13.1. The number of hydrogen-bond acceptors (Lipinski definition) is 4. The fraction of sp³-hybridized carbons (Fsp3) is 0.167. The van der Waals surface area contributed by atoms with E-state index in [1.165, 1.54) is 24.3 Å². The Kier molecular flexibility index (Phi) is 5.75. The Bertz CT molecular complexity index is 1040. The molecule has 3 aromatic rings. The van der Waals surface area contributed by atoms with Crippen molar-refractivity contribution in [2.24, 2.45) is 0 Å². The van der Waals surface area contributed by atoms with Gasteiger partial charge in [-0.15, -0.1) is 0 Å². The largest absolute Gasteiger partial charge is 0.489 e. The summed E-state index contributed by atoms with van der Waals surface area (Å²) >= 11 is 0. The van der Waals surface area contributed by atoms with Crippen LogP contribution in [0.15, 0.2) is 78.9 Å². The van der Waals surface area contributed by atoms with Crippen molar-refractivity contribution in [2.75, 3.05) is 18.1 Å². The molecule has 1 atom stereocenters. The summed E-state index contributed by atoms with van der Waals surface area (Å²) in [5, 5.41) is 0. The highest BCUT2D eigenvalue weighted by Crippen LogP contribution is 2.39. The molecule has 6 heteroatoms. The monoisotopic (exact) mass is 405 g/mol. The summed E-state index contributed by atoms with van der Waals surface area (Å²) in [6.45, 7) is -0.0893. The topological polar surface area (TPSA) is 55.8 Å². The van der Waals surface area contributed by atoms with Gasteiger partial charge in [0, 0.05) is 0 Å². The number of amides is 1. The molecule has 0 radical (unpaired) electrons. The molecule has 1 unspecified atom stereocenters. The van der Waals surface area contributed by atoms with Crippen molar-refractivity contribution >= 4 is 17.6 Å². The third-order valence-corrected chi connectivity index (χ3v) is 4.90. The molecular formula is C24H20FNO4. The average Bonchev–Trinajstić information content (AvgIpc) is 2.79.